The van der Waals surface area contributed by atoms with Gasteiger partial charge in [-0.2, -0.15) is 11.8 Å². The standard InChI is InChI=1S/C13H25N5S/c1-4-19-12-8-6-5-7-11(12)14-9-13-15-16-17-18(13)10(2)3/h10-12,14H,4-9H2,1-3H3/t11-,12-/m1/s1. The molecule has 1 heterocycles. The van der Waals surface area contributed by atoms with Crippen molar-refractivity contribution in [3.8, 4) is 0 Å². The lowest BCUT2D eigenvalue weighted by molar-refractivity contribution is 0.372. The van der Waals surface area contributed by atoms with Crippen LogP contribution in [-0.4, -0.2) is 37.3 Å². The van der Waals surface area contributed by atoms with Crippen LogP contribution in [0.25, 0.3) is 0 Å². The molecule has 1 fully saturated rings. The van der Waals surface area contributed by atoms with E-state index in [1.54, 1.807) is 0 Å². The molecular formula is C13H25N5S. The summed E-state index contributed by atoms with van der Waals surface area (Å²) in [4.78, 5) is 0. The van der Waals surface area contributed by atoms with Gasteiger partial charge in [-0.25, -0.2) is 4.68 Å². The first kappa shape index (κ1) is 14.8. The number of tetrazole rings is 1. The van der Waals surface area contributed by atoms with Gasteiger partial charge in [-0.15, -0.1) is 5.10 Å². The Bertz CT molecular complexity index is 377. The summed E-state index contributed by atoms with van der Waals surface area (Å²) < 4.78 is 1.90. The van der Waals surface area contributed by atoms with Crippen molar-refractivity contribution in [2.75, 3.05) is 5.75 Å². The summed E-state index contributed by atoms with van der Waals surface area (Å²) in [6, 6.07) is 0.926. The monoisotopic (exact) mass is 283 g/mol. The Morgan fingerprint density at radius 3 is 2.89 bits per heavy atom. The van der Waals surface area contributed by atoms with Gasteiger partial charge in [-0.1, -0.05) is 19.8 Å². The molecule has 108 valence electrons. The molecule has 5 nitrogen and oxygen atoms in total. The van der Waals surface area contributed by atoms with E-state index in [2.05, 4.69) is 53.4 Å². The predicted molar refractivity (Wildman–Crippen MR) is 79.2 cm³/mol. The van der Waals surface area contributed by atoms with E-state index in [4.69, 9.17) is 0 Å². The second-order valence-electron chi connectivity index (χ2n) is 5.40. The van der Waals surface area contributed by atoms with Crippen molar-refractivity contribution < 1.29 is 0 Å². The smallest absolute Gasteiger partial charge is 0.165 e. The maximum absolute atomic E-state index is 4.13. The molecule has 0 aromatic carbocycles. The van der Waals surface area contributed by atoms with Gasteiger partial charge >= 0.3 is 0 Å². The van der Waals surface area contributed by atoms with E-state index < -0.39 is 0 Å². The van der Waals surface area contributed by atoms with Gasteiger partial charge in [0.25, 0.3) is 0 Å². The van der Waals surface area contributed by atoms with E-state index in [9.17, 15) is 0 Å². The number of thioether (sulfide) groups is 1. The third-order valence-electron chi connectivity index (χ3n) is 3.66. The fourth-order valence-electron chi connectivity index (χ4n) is 2.70. The zero-order chi connectivity index (χ0) is 13.7. The van der Waals surface area contributed by atoms with Crippen LogP contribution in [0.1, 0.15) is 58.3 Å². The Labute approximate surface area is 119 Å². The Morgan fingerprint density at radius 2 is 2.16 bits per heavy atom. The lowest BCUT2D eigenvalue weighted by Crippen LogP contribution is -2.40. The van der Waals surface area contributed by atoms with Crippen molar-refractivity contribution in [2.45, 2.75) is 70.3 Å². The molecule has 2 rings (SSSR count). The van der Waals surface area contributed by atoms with Crippen LogP contribution in [-0.2, 0) is 6.54 Å². The van der Waals surface area contributed by atoms with E-state index in [1.165, 1.54) is 31.4 Å². The first-order valence-corrected chi connectivity index (χ1v) is 8.39. The van der Waals surface area contributed by atoms with E-state index in [0.29, 0.717) is 12.1 Å². The highest BCUT2D eigenvalue weighted by Gasteiger charge is 2.25. The second kappa shape index (κ2) is 7.24. The molecule has 1 aromatic rings. The molecule has 0 radical (unpaired) electrons. The molecule has 1 aromatic heterocycles. The largest absolute Gasteiger partial charge is 0.306 e. The van der Waals surface area contributed by atoms with Crippen molar-refractivity contribution in [3.63, 3.8) is 0 Å². The molecule has 0 saturated heterocycles. The first-order valence-electron chi connectivity index (χ1n) is 7.34. The number of nitrogens with one attached hydrogen (secondary N) is 1. The summed E-state index contributed by atoms with van der Waals surface area (Å²) in [5.74, 6) is 2.15. The van der Waals surface area contributed by atoms with Crippen LogP contribution in [0, 0.1) is 0 Å². The molecule has 0 bridgehead atoms. The quantitative estimate of drug-likeness (QED) is 0.869. The highest BCUT2D eigenvalue weighted by molar-refractivity contribution is 7.99. The van der Waals surface area contributed by atoms with Crippen LogP contribution in [0.15, 0.2) is 0 Å². The van der Waals surface area contributed by atoms with Gasteiger partial charge in [0.1, 0.15) is 0 Å². The van der Waals surface area contributed by atoms with E-state index in [0.717, 1.165) is 17.6 Å². The van der Waals surface area contributed by atoms with Gasteiger partial charge < -0.3 is 5.32 Å². The van der Waals surface area contributed by atoms with E-state index >= 15 is 0 Å². The summed E-state index contributed by atoms with van der Waals surface area (Å²) in [6.07, 6.45) is 5.33. The molecule has 1 aliphatic rings. The van der Waals surface area contributed by atoms with Crippen LogP contribution < -0.4 is 5.32 Å². The fourth-order valence-corrected chi connectivity index (χ4v) is 3.92. The van der Waals surface area contributed by atoms with Crippen molar-refractivity contribution in [2.24, 2.45) is 0 Å². The minimum absolute atomic E-state index is 0.318. The highest BCUT2D eigenvalue weighted by Crippen LogP contribution is 2.28. The minimum atomic E-state index is 0.318. The molecule has 1 saturated carbocycles. The number of hydrogen-bond donors (Lipinski definition) is 1. The summed E-state index contributed by atoms with van der Waals surface area (Å²) in [6.45, 7) is 7.23. The number of aromatic nitrogens is 4. The van der Waals surface area contributed by atoms with Crippen LogP contribution in [0.2, 0.25) is 0 Å². The van der Waals surface area contributed by atoms with Gasteiger partial charge in [0.2, 0.25) is 0 Å². The molecular weight excluding hydrogens is 258 g/mol. The Kier molecular flexibility index (Phi) is 5.63. The van der Waals surface area contributed by atoms with Crippen molar-refractivity contribution in [1.82, 2.24) is 25.5 Å². The maximum Gasteiger partial charge on any atom is 0.165 e. The third-order valence-corrected chi connectivity index (χ3v) is 4.98. The third kappa shape index (κ3) is 3.92. The zero-order valence-electron chi connectivity index (χ0n) is 12.2. The Balaban J connectivity index is 1.91. The predicted octanol–water partition coefficient (Wildman–Crippen LogP) is 2.41. The van der Waals surface area contributed by atoms with Gasteiger partial charge in [0.05, 0.1) is 12.6 Å². The molecule has 6 heteroatoms. The molecule has 1 aliphatic carbocycles. The average molecular weight is 283 g/mol. The molecule has 0 amide bonds. The number of hydrogen-bond acceptors (Lipinski definition) is 5. The topological polar surface area (TPSA) is 55.6 Å². The Morgan fingerprint density at radius 1 is 1.37 bits per heavy atom. The van der Waals surface area contributed by atoms with Crippen molar-refractivity contribution in [1.29, 1.82) is 0 Å². The minimum Gasteiger partial charge on any atom is -0.306 e. The zero-order valence-corrected chi connectivity index (χ0v) is 13.0. The number of nitrogens with zero attached hydrogens (tertiary/aromatic N) is 4. The summed E-state index contributed by atoms with van der Waals surface area (Å²) >= 11 is 2.09. The average Bonchev–Trinajstić information content (AvgIpc) is 2.86. The van der Waals surface area contributed by atoms with Gasteiger partial charge in [-0.3, -0.25) is 0 Å². The lowest BCUT2D eigenvalue weighted by atomic mass is 9.95. The fraction of sp³-hybridized carbons (Fsp3) is 0.923. The van der Waals surface area contributed by atoms with Gasteiger partial charge in [0.15, 0.2) is 5.82 Å². The van der Waals surface area contributed by atoms with Crippen LogP contribution >= 0.6 is 11.8 Å². The summed E-state index contributed by atoms with van der Waals surface area (Å²) in [7, 11) is 0. The highest BCUT2D eigenvalue weighted by atomic mass is 32.2. The maximum atomic E-state index is 4.13. The SMILES string of the molecule is CCS[C@@H]1CCCC[C@H]1NCc1nnnn1C(C)C. The van der Waals surface area contributed by atoms with Crippen LogP contribution in [0.5, 0.6) is 0 Å². The molecule has 0 aliphatic heterocycles. The normalized spacial score (nSPS) is 24.0. The molecule has 1 N–H and O–H groups in total. The van der Waals surface area contributed by atoms with Crippen LogP contribution in [0.3, 0.4) is 0 Å². The molecule has 19 heavy (non-hydrogen) atoms. The second-order valence-corrected chi connectivity index (χ2v) is 6.92. The molecule has 0 spiro atoms. The summed E-state index contributed by atoms with van der Waals surface area (Å²) in [5, 5.41) is 16.4. The summed E-state index contributed by atoms with van der Waals surface area (Å²) in [5.41, 5.74) is 0. The number of rotatable bonds is 6. The molecule has 2 atom stereocenters. The van der Waals surface area contributed by atoms with Crippen LogP contribution in [0.4, 0.5) is 0 Å². The van der Waals surface area contributed by atoms with Gasteiger partial charge in [-0.05, 0) is 42.9 Å². The van der Waals surface area contributed by atoms with E-state index in [-0.39, 0.29) is 0 Å². The van der Waals surface area contributed by atoms with Crippen molar-refractivity contribution in [3.05, 3.63) is 5.82 Å². The Hall–Kier alpha value is -0.620. The van der Waals surface area contributed by atoms with Crippen molar-refractivity contribution >= 4 is 11.8 Å². The first-order chi connectivity index (χ1) is 9.22. The lowest BCUT2D eigenvalue weighted by Gasteiger charge is -2.31. The van der Waals surface area contributed by atoms with Gasteiger partial charge in [0, 0.05) is 11.3 Å². The molecule has 0 unspecified atom stereocenters. The van der Waals surface area contributed by atoms with E-state index in [1.807, 2.05) is 4.68 Å².